The molecule has 4 rings (SSSR count). The van der Waals surface area contributed by atoms with Crippen LogP contribution in [-0.2, 0) is 16.0 Å². The van der Waals surface area contributed by atoms with Crippen molar-refractivity contribution in [3.63, 3.8) is 0 Å². The molecule has 2 amide bonds. The van der Waals surface area contributed by atoms with Gasteiger partial charge < -0.3 is 15.0 Å². The number of amides is 2. The van der Waals surface area contributed by atoms with E-state index in [1.54, 1.807) is 6.92 Å². The SMILES string of the molecule is Cc1cccc([C@@H]2c3cc(O[C@H](C)C(=O)NCCC(C)C)ccc3CCN2C(=O)C2CCCC2)c1. The van der Waals surface area contributed by atoms with Crippen LogP contribution in [0.3, 0.4) is 0 Å². The van der Waals surface area contributed by atoms with Gasteiger partial charge in [-0.05, 0) is 74.3 Å². The number of fused-ring (bicyclic) bond motifs is 1. The lowest BCUT2D eigenvalue weighted by molar-refractivity contribution is -0.137. The highest BCUT2D eigenvalue weighted by atomic mass is 16.5. The van der Waals surface area contributed by atoms with E-state index in [1.807, 2.05) is 12.1 Å². The lowest BCUT2D eigenvalue weighted by Crippen LogP contribution is -2.43. The average Bonchev–Trinajstić information content (AvgIpc) is 3.37. The second kappa shape index (κ2) is 11.3. The van der Waals surface area contributed by atoms with Crippen molar-refractivity contribution < 1.29 is 14.3 Å². The minimum atomic E-state index is -0.586. The summed E-state index contributed by atoms with van der Waals surface area (Å²) in [6.45, 7) is 9.56. The molecule has 35 heavy (non-hydrogen) atoms. The smallest absolute Gasteiger partial charge is 0.260 e. The first-order valence-corrected chi connectivity index (χ1v) is 13.3. The largest absolute Gasteiger partial charge is 0.481 e. The van der Waals surface area contributed by atoms with E-state index in [0.29, 0.717) is 18.2 Å². The summed E-state index contributed by atoms with van der Waals surface area (Å²) in [6, 6.07) is 14.5. The van der Waals surface area contributed by atoms with Crippen LogP contribution in [0.25, 0.3) is 0 Å². The van der Waals surface area contributed by atoms with Crippen molar-refractivity contribution in [3.8, 4) is 5.75 Å². The molecule has 0 bridgehead atoms. The number of carbonyl (C=O) groups excluding carboxylic acids is 2. The number of nitrogens with one attached hydrogen (secondary N) is 1. The molecule has 5 heteroatoms. The molecular formula is C30H40N2O3. The van der Waals surface area contributed by atoms with Gasteiger partial charge >= 0.3 is 0 Å². The Bertz CT molecular complexity index is 1040. The maximum absolute atomic E-state index is 13.6. The van der Waals surface area contributed by atoms with E-state index in [-0.39, 0.29) is 23.8 Å². The van der Waals surface area contributed by atoms with Crippen molar-refractivity contribution in [1.29, 1.82) is 0 Å². The third-order valence-corrected chi connectivity index (χ3v) is 7.39. The average molecular weight is 477 g/mol. The van der Waals surface area contributed by atoms with E-state index >= 15 is 0 Å². The van der Waals surface area contributed by atoms with E-state index in [9.17, 15) is 9.59 Å². The number of ether oxygens (including phenoxy) is 1. The number of rotatable bonds is 8. The van der Waals surface area contributed by atoms with Gasteiger partial charge in [0.25, 0.3) is 5.91 Å². The summed E-state index contributed by atoms with van der Waals surface area (Å²) in [6.07, 6.45) is 5.47. The van der Waals surface area contributed by atoms with Gasteiger partial charge in [-0.25, -0.2) is 0 Å². The number of aryl methyl sites for hydroxylation is 1. The highest BCUT2D eigenvalue weighted by Gasteiger charge is 2.36. The van der Waals surface area contributed by atoms with Crippen molar-refractivity contribution in [3.05, 3.63) is 64.7 Å². The third-order valence-electron chi connectivity index (χ3n) is 7.39. The van der Waals surface area contributed by atoms with Crippen LogP contribution in [0.4, 0.5) is 0 Å². The standard InChI is InChI=1S/C30H40N2O3/c1-20(2)14-16-31-29(33)22(4)35-26-13-12-23-15-17-32(30(34)24-9-5-6-10-24)28(27(23)19-26)25-11-7-8-21(3)18-25/h7-8,11-13,18-20,22,24,28H,5-6,9-10,14-17H2,1-4H3,(H,31,33)/t22-,28-/m1/s1. The van der Waals surface area contributed by atoms with Crippen LogP contribution in [0.2, 0.25) is 0 Å². The Morgan fingerprint density at radius 2 is 1.86 bits per heavy atom. The zero-order chi connectivity index (χ0) is 24.9. The fraction of sp³-hybridized carbons (Fsp3) is 0.533. The lowest BCUT2D eigenvalue weighted by Gasteiger charge is -2.39. The Morgan fingerprint density at radius 3 is 2.57 bits per heavy atom. The number of hydrogen-bond acceptors (Lipinski definition) is 3. The highest BCUT2D eigenvalue weighted by Crippen LogP contribution is 2.40. The van der Waals surface area contributed by atoms with Gasteiger partial charge in [0.2, 0.25) is 5.91 Å². The van der Waals surface area contributed by atoms with Gasteiger partial charge in [0.15, 0.2) is 6.10 Å². The Morgan fingerprint density at radius 1 is 1.09 bits per heavy atom. The van der Waals surface area contributed by atoms with Crippen LogP contribution >= 0.6 is 0 Å². The molecule has 1 aliphatic carbocycles. The monoisotopic (exact) mass is 476 g/mol. The summed E-state index contributed by atoms with van der Waals surface area (Å²) < 4.78 is 6.09. The second-order valence-corrected chi connectivity index (χ2v) is 10.7. The molecule has 1 saturated carbocycles. The Balaban J connectivity index is 1.60. The molecule has 0 saturated heterocycles. The summed E-state index contributed by atoms with van der Waals surface area (Å²) >= 11 is 0. The Labute approximate surface area is 210 Å². The molecule has 0 radical (unpaired) electrons. The fourth-order valence-corrected chi connectivity index (χ4v) is 5.40. The molecule has 2 aromatic carbocycles. The van der Waals surface area contributed by atoms with E-state index in [4.69, 9.17) is 4.74 Å². The van der Waals surface area contributed by atoms with Crippen LogP contribution in [0.1, 0.15) is 81.2 Å². The molecule has 5 nitrogen and oxygen atoms in total. The zero-order valence-corrected chi connectivity index (χ0v) is 21.7. The molecular weight excluding hydrogens is 436 g/mol. The van der Waals surface area contributed by atoms with Crippen molar-refractivity contribution in [2.75, 3.05) is 13.1 Å². The minimum Gasteiger partial charge on any atom is -0.481 e. The molecule has 2 aliphatic rings. The number of carbonyl (C=O) groups is 2. The first-order chi connectivity index (χ1) is 16.8. The van der Waals surface area contributed by atoms with Gasteiger partial charge in [0.05, 0.1) is 6.04 Å². The molecule has 1 heterocycles. The fourth-order valence-electron chi connectivity index (χ4n) is 5.40. The normalized spacial score (nSPS) is 18.9. The highest BCUT2D eigenvalue weighted by molar-refractivity contribution is 5.81. The van der Waals surface area contributed by atoms with Crippen LogP contribution in [0.15, 0.2) is 42.5 Å². The van der Waals surface area contributed by atoms with Crippen LogP contribution in [-0.4, -0.2) is 35.9 Å². The molecule has 0 spiro atoms. The van der Waals surface area contributed by atoms with Crippen molar-refractivity contribution >= 4 is 11.8 Å². The number of benzene rings is 2. The summed E-state index contributed by atoms with van der Waals surface area (Å²) in [5, 5.41) is 2.97. The van der Waals surface area contributed by atoms with Crippen molar-refractivity contribution in [2.24, 2.45) is 11.8 Å². The topological polar surface area (TPSA) is 58.6 Å². The third kappa shape index (κ3) is 6.06. The molecule has 1 N–H and O–H groups in total. The van der Waals surface area contributed by atoms with Gasteiger partial charge in [-0.1, -0.05) is 62.6 Å². The Hall–Kier alpha value is -2.82. The lowest BCUT2D eigenvalue weighted by atomic mass is 9.86. The van der Waals surface area contributed by atoms with E-state index in [2.05, 4.69) is 61.3 Å². The van der Waals surface area contributed by atoms with Crippen LogP contribution in [0.5, 0.6) is 5.75 Å². The first-order valence-electron chi connectivity index (χ1n) is 13.3. The summed E-state index contributed by atoms with van der Waals surface area (Å²) in [5.74, 6) is 1.53. The summed E-state index contributed by atoms with van der Waals surface area (Å²) in [4.78, 5) is 28.3. The van der Waals surface area contributed by atoms with Gasteiger partial charge in [-0.3, -0.25) is 9.59 Å². The predicted octanol–water partition coefficient (Wildman–Crippen LogP) is 5.59. The van der Waals surface area contributed by atoms with E-state index in [0.717, 1.165) is 56.2 Å². The van der Waals surface area contributed by atoms with Gasteiger partial charge in [0.1, 0.15) is 5.75 Å². The van der Waals surface area contributed by atoms with Gasteiger partial charge in [0, 0.05) is 19.0 Å². The molecule has 0 aromatic heterocycles. The minimum absolute atomic E-state index is 0.100. The van der Waals surface area contributed by atoms with Crippen LogP contribution in [0, 0.1) is 18.8 Å². The zero-order valence-electron chi connectivity index (χ0n) is 21.7. The molecule has 2 aromatic rings. The maximum atomic E-state index is 13.6. The number of hydrogen-bond donors (Lipinski definition) is 1. The first kappa shape index (κ1) is 25.3. The molecule has 1 aliphatic heterocycles. The van der Waals surface area contributed by atoms with Gasteiger partial charge in [-0.2, -0.15) is 0 Å². The second-order valence-electron chi connectivity index (χ2n) is 10.7. The Kier molecular flexibility index (Phi) is 8.15. The quantitative estimate of drug-likeness (QED) is 0.540. The molecule has 0 unspecified atom stereocenters. The van der Waals surface area contributed by atoms with Crippen molar-refractivity contribution in [2.45, 2.75) is 78.4 Å². The molecule has 1 fully saturated rings. The summed E-state index contributed by atoms with van der Waals surface area (Å²) in [7, 11) is 0. The van der Waals surface area contributed by atoms with E-state index in [1.165, 1.54) is 11.1 Å². The predicted molar refractivity (Wildman–Crippen MR) is 139 cm³/mol. The van der Waals surface area contributed by atoms with Crippen molar-refractivity contribution in [1.82, 2.24) is 10.2 Å². The van der Waals surface area contributed by atoms with E-state index < -0.39 is 6.10 Å². The maximum Gasteiger partial charge on any atom is 0.260 e. The molecule has 2 atom stereocenters. The van der Waals surface area contributed by atoms with Crippen LogP contribution < -0.4 is 10.1 Å². The van der Waals surface area contributed by atoms with Gasteiger partial charge in [-0.15, -0.1) is 0 Å². The molecule has 188 valence electrons. The number of nitrogens with zero attached hydrogens (tertiary/aromatic N) is 1. The summed E-state index contributed by atoms with van der Waals surface area (Å²) in [5.41, 5.74) is 4.67.